The van der Waals surface area contributed by atoms with Gasteiger partial charge < -0.3 is 0 Å². The number of nitroso groups, excluding NO2 is 1. The molecule has 0 aliphatic carbocycles. The highest BCUT2D eigenvalue weighted by Gasteiger charge is 2.19. The Morgan fingerprint density at radius 3 is 2.33 bits per heavy atom. The highest BCUT2D eigenvalue weighted by molar-refractivity contribution is 6.30. The van der Waals surface area contributed by atoms with Gasteiger partial charge in [0.05, 0.1) is 5.29 Å². The molecular formula is C11H13ClN2O. The molecule has 1 aromatic carbocycles. The maximum absolute atomic E-state index is 10.3. The van der Waals surface area contributed by atoms with Crippen molar-refractivity contribution < 1.29 is 0 Å². The van der Waals surface area contributed by atoms with E-state index in [2.05, 4.69) is 17.4 Å². The van der Waals surface area contributed by atoms with E-state index in [0.717, 1.165) is 31.0 Å². The van der Waals surface area contributed by atoms with Crippen molar-refractivity contribution in [2.45, 2.75) is 18.8 Å². The molecule has 2 rings (SSSR count). The number of benzene rings is 1. The monoisotopic (exact) mass is 224 g/mol. The average Bonchev–Trinajstić information content (AvgIpc) is 2.30. The maximum Gasteiger partial charge on any atom is 0.0523 e. The van der Waals surface area contributed by atoms with Crippen LogP contribution in [0.1, 0.15) is 24.3 Å². The molecule has 1 aliphatic rings. The minimum atomic E-state index is 0.542. The van der Waals surface area contributed by atoms with Crippen LogP contribution in [0.2, 0.25) is 5.02 Å². The maximum atomic E-state index is 10.3. The van der Waals surface area contributed by atoms with Gasteiger partial charge in [-0.2, -0.15) is 0 Å². The van der Waals surface area contributed by atoms with E-state index in [0.29, 0.717) is 5.92 Å². The molecule has 1 aromatic rings. The number of halogens is 1. The first-order valence-corrected chi connectivity index (χ1v) is 5.51. The first-order chi connectivity index (χ1) is 7.29. The van der Waals surface area contributed by atoms with Crippen molar-refractivity contribution in [1.82, 2.24) is 5.01 Å². The Bertz CT molecular complexity index is 331. The summed E-state index contributed by atoms with van der Waals surface area (Å²) in [7, 11) is 0. The molecule has 4 heteroatoms. The lowest BCUT2D eigenvalue weighted by atomic mass is 9.90. The van der Waals surface area contributed by atoms with Gasteiger partial charge >= 0.3 is 0 Å². The van der Waals surface area contributed by atoms with E-state index in [4.69, 9.17) is 11.6 Å². The summed E-state index contributed by atoms with van der Waals surface area (Å²) >= 11 is 5.83. The van der Waals surface area contributed by atoms with Crippen molar-refractivity contribution >= 4 is 11.6 Å². The van der Waals surface area contributed by atoms with Gasteiger partial charge in [-0.1, -0.05) is 23.7 Å². The third-order valence-corrected chi connectivity index (χ3v) is 3.18. The molecule has 80 valence electrons. The minimum Gasteiger partial charge on any atom is -0.261 e. The van der Waals surface area contributed by atoms with Crippen molar-refractivity contribution in [3.63, 3.8) is 0 Å². The van der Waals surface area contributed by atoms with Crippen LogP contribution >= 0.6 is 11.6 Å². The summed E-state index contributed by atoms with van der Waals surface area (Å²) in [6.45, 7) is 1.52. The molecule has 15 heavy (non-hydrogen) atoms. The molecule has 0 N–H and O–H groups in total. The summed E-state index contributed by atoms with van der Waals surface area (Å²) in [6, 6.07) is 7.97. The largest absolute Gasteiger partial charge is 0.261 e. The van der Waals surface area contributed by atoms with E-state index in [1.54, 1.807) is 5.01 Å². The second-order valence-electron chi connectivity index (χ2n) is 3.86. The van der Waals surface area contributed by atoms with E-state index < -0.39 is 0 Å². The van der Waals surface area contributed by atoms with Crippen LogP contribution in [0.25, 0.3) is 0 Å². The summed E-state index contributed by atoms with van der Waals surface area (Å²) in [5.41, 5.74) is 1.31. The van der Waals surface area contributed by atoms with E-state index in [1.807, 2.05) is 12.1 Å². The lowest BCUT2D eigenvalue weighted by Crippen LogP contribution is -2.28. The third-order valence-electron chi connectivity index (χ3n) is 2.93. The van der Waals surface area contributed by atoms with Gasteiger partial charge in [0.25, 0.3) is 0 Å². The van der Waals surface area contributed by atoms with Crippen LogP contribution in [-0.2, 0) is 0 Å². The zero-order valence-electron chi connectivity index (χ0n) is 8.40. The zero-order chi connectivity index (χ0) is 10.7. The summed E-state index contributed by atoms with van der Waals surface area (Å²) in [5.74, 6) is 0.542. The van der Waals surface area contributed by atoms with E-state index in [9.17, 15) is 4.91 Å². The van der Waals surface area contributed by atoms with Crippen LogP contribution in [0.5, 0.6) is 0 Å². The summed E-state index contributed by atoms with van der Waals surface area (Å²) in [4.78, 5) is 10.3. The van der Waals surface area contributed by atoms with Crippen LogP contribution in [0.3, 0.4) is 0 Å². The van der Waals surface area contributed by atoms with Crippen molar-refractivity contribution in [3.8, 4) is 0 Å². The number of hydrogen-bond acceptors (Lipinski definition) is 2. The summed E-state index contributed by atoms with van der Waals surface area (Å²) in [6.07, 6.45) is 1.99. The highest BCUT2D eigenvalue weighted by Crippen LogP contribution is 2.28. The van der Waals surface area contributed by atoms with Crippen molar-refractivity contribution in [1.29, 1.82) is 0 Å². The fourth-order valence-corrected chi connectivity index (χ4v) is 2.14. The summed E-state index contributed by atoms with van der Waals surface area (Å²) in [5, 5.41) is 5.31. The van der Waals surface area contributed by atoms with Gasteiger partial charge in [0.2, 0.25) is 0 Å². The molecule has 1 saturated heterocycles. The van der Waals surface area contributed by atoms with Crippen LogP contribution in [0.4, 0.5) is 0 Å². The van der Waals surface area contributed by atoms with Gasteiger partial charge in [-0.05, 0) is 36.5 Å². The molecule has 0 radical (unpaired) electrons. The van der Waals surface area contributed by atoms with Crippen LogP contribution in [0.15, 0.2) is 29.6 Å². The van der Waals surface area contributed by atoms with Crippen molar-refractivity contribution in [2.24, 2.45) is 5.29 Å². The Morgan fingerprint density at radius 1 is 1.20 bits per heavy atom. The van der Waals surface area contributed by atoms with E-state index in [1.165, 1.54) is 5.56 Å². The molecule has 0 aromatic heterocycles. The topological polar surface area (TPSA) is 32.7 Å². The molecular weight excluding hydrogens is 212 g/mol. The standard InChI is InChI=1S/C11H13ClN2O/c12-11-3-1-9(2-4-11)10-5-7-14(13-15)8-6-10/h1-4,10H,5-8H2. The average molecular weight is 225 g/mol. The minimum absolute atomic E-state index is 0.542. The van der Waals surface area contributed by atoms with Crippen LogP contribution in [0, 0.1) is 4.91 Å². The Hall–Kier alpha value is -1.09. The second kappa shape index (κ2) is 4.62. The number of nitrogens with zero attached hydrogens (tertiary/aromatic N) is 2. The normalized spacial score (nSPS) is 17.8. The van der Waals surface area contributed by atoms with Crippen LogP contribution < -0.4 is 0 Å². The van der Waals surface area contributed by atoms with E-state index in [-0.39, 0.29) is 0 Å². The lowest BCUT2D eigenvalue weighted by Gasteiger charge is -2.27. The van der Waals surface area contributed by atoms with Gasteiger partial charge in [0.1, 0.15) is 0 Å². The van der Waals surface area contributed by atoms with Crippen molar-refractivity contribution in [2.75, 3.05) is 13.1 Å². The molecule has 0 saturated carbocycles. The van der Waals surface area contributed by atoms with E-state index >= 15 is 0 Å². The Balaban J connectivity index is 2.01. The lowest BCUT2D eigenvalue weighted by molar-refractivity contribution is 0.218. The van der Waals surface area contributed by atoms with Crippen LogP contribution in [-0.4, -0.2) is 18.1 Å². The molecule has 0 atom stereocenters. The first kappa shape index (κ1) is 10.4. The highest BCUT2D eigenvalue weighted by atomic mass is 35.5. The Kier molecular flexibility index (Phi) is 3.21. The molecule has 0 bridgehead atoms. The molecule has 0 unspecified atom stereocenters. The molecule has 3 nitrogen and oxygen atoms in total. The predicted molar refractivity (Wildman–Crippen MR) is 60.8 cm³/mol. The number of rotatable bonds is 2. The van der Waals surface area contributed by atoms with Gasteiger partial charge in [-0.25, -0.2) is 0 Å². The SMILES string of the molecule is O=NN1CCC(c2ccc(Cl)cc2)CC1. The van der Waals surface area contributed by atoms with Gasteiger partial charge in [0, 0.05) is 18.1 Å². The molecule has 1 aliphatic heterocycles. The Labute approximate surface area is 94.0 Å². The van der Waals surface area contributed by atoms with Gasteiger partial charge in [0.15, 0.2) is 0 Å². The summed E-state index contributed by atoms with van der Waals surface area (Å²) < 4.78 is 0. The Morgan fingerprint density at radius 2 is 1.80 bits per heavy atom. The molecule has 0 spiro atoms. The third kappa shape index (κ3) is 2.48. The molecule has 1 fully saturated rings. The fraction of sp³-hybridized carbons (Fsp3) is 0.455. The fourth-order valence-electron chi connectivity index (χ4n) is 2.02. The quantitative estimate of drug-likeness (QED) is 0.723. The number of hydrogen-bond donors (Lipinski definition) is 0. The molecule has 0 amide bonds. The first-order valence-electron chi connectivity index (χ1n) is 5.13. The van der Waals surface area contributed by atoms with Crippen molar-refractivity contribution in [3.05, 3.63) is 39.8 Å². The second-order valence-corrected chi connectivity index (χ2v) is 4.30. The van der Waals surface area contributed by atoms with Gasteiger partial charge in [-0.3, -0.25) is 5.01 Å². The number of piperidine rings is 1. The smallest absolute Gasteiger partial charge is 0.0523 e. The predicted octanol–water partition coefficient (Wildman–Crippen LogP) is 3.20. The van der Waals surface area contributed by atoms with Gasteiger partial charge in [-0.15, -0.1) is 4.91 Å². The zero-order valence-corrected chi connectivity index (χ0v) is 9.15. The molecule has 1 heterocycles.